The zero-order chi connectivity index (χ0) is 26.7. The van der Waals surface area contributed by atoms with Gasteiger partial charge < -0.3 is 21.1 Å². The second-order valence-corrected chi connectivity index (χ2v) is 9.86. The first-order valence-corrected chi connectivity index (χ1v) is 13.8. The Labute approximate surface area is 218 Å². The van der Waals surface area contributed by atoms with Crippen LogP contribution in [0.2, 0.25) is 0 Å². The number of benzene rings is 2. The van der Waals surface area contributed by atoms with Gasteiger partial charge in [0.05, 0.1) is 5.56 Å². The van der Waals surface area contributed by atoms with Gasteiger partial charge in [0, 0.05) is 18.8 Å². The molecule has 0 aliphatic rings. The predicted octanol–water partition coefficient (Wildman–Crippen LogP) is 6.76. The lowest BCUT2D eigenvalue weighted by Crippen LogP contribution is -2.39. The summed E-state index contributed by atoms with van der Waals surface area (Å²) in [7, 11) is 0. The van der Waals surface area contributed by atoms with Gasteiger partial charge in [-0.15, -0.1) is 0 Å². The largest absolute Gasteiger partial charge is 0.478 e. The standard InChI is InChI=1S/C23H41NO2.C8H8O2/c1-2-3-4-5-6-7-8-9-10-11-14-21-15-12-13-16-22(21)23(24,17-19-25)18-20-26;1-6-2-4-7(5-3-6)8(9)10/h12-13,15-16,25-26H,2-11,14,17-20,24H2,1H3;2-5H,1H3,(H,9,10). The first kappa shape index (κ1) is 31.8. The SMILES string of the molecule is CCCCCCCCCCCCc1ccccc1C(N)(CCO)CCO.Cc1ccc(C(=O)O)cc1. The molecule has 0 aliphatic heterocycles. The van der Waals surface area contributed by atoms with Crippen molar-refractivity contribution in [3.63, 3.8) is 0 Å². The second kappa shape index (κ2) is 19.0. The molecule has 0 saturated heterocycles. The van der Waals surface area contributed by atoms with E-state index in [0.717, 1.165) is 17.5 Å². The van der Waals surface area contributed by atoms with E-state index in [1.54, 1.807) is 24.3 Å². The number of aliphatic hydroxyl groups is 2. The molecule has 202 valence electrons. The minimum atomic E-state index is -0.875. The van der Waals surface area contributed by atoms with Crippen LogP contribution in [0.3, 0.4) is 0 Å². The molecule has 0 saturated carbocycles. The van der Waals surface area contributed by atoms with Gasteiger partial charge in [-0.1, -0.05) is 107 Å². The van der Waals surface area contributed by atoms with Gasteiger partial charge >= 0.3 is 5.97 Å². The maximum Gasteiger partial charge on any atom is 0.335 e. The van der Waals surface area contributed by atoms with Crippen LogP contribution in [-0.2, 0) is 12.0 Å². The van der Waals surface area contributed by atoms with Gasteiger partial charge in [-0.25, -0.2) is 4.79 Å². The molecule has 0 unspecified atom stereocenters. The topological polar surface area (TPSA) is 104 Å². The smallest absolute Gasteiger partial charge is 0.335 e. The number of unbranched alkanes of at least 4 members (excludes halogenated alkanes) is 9. The summed E-state index contributed by atoms with van der Waals surface area (Å²) in [6.07, 6.45) is 15.4. The number of hydrogen-bond acceptors (Lipinski definition) is 4. The molecule has 36 heavy (non-hydrogen) atoms. The molecule has 5 nitrogen and oxygen atoms in total. The minimum Gasteiger partial charge on any atom is -0.478 e. The van der Waals surface area contributed by atoms with E-state index in [4.69, 9.17) is 10.8 Å². The van der Waals surface area contributed by atoms with Crippen molar-refractivity contribution in [1.29, 1.82) is 0 Å². The summed E-state index contributed by atoms with van der Waals surface area (Å²) < 4.78 is 0. The van der Waals surface area contributed by atoms with E-state index in [1.807, 2.05) is 13.0 Å². The number of carboxylic acid groups (broad SMARTS) is 1. The van der Waals surface area contributed by atoms with E-state index in [1.165, 1.54) is 69.8 Å². The van der Waals surface area contributed by atoms with Crippen LogP contribution in [0, 0.1) is 6.92 Å². The van der Waals surface area contributed by atoms with Gasteiger partial charge in [0.2, 0.25) is 0 Å². The number of aryl methyl sites for hydroxylation is 2. The van der Waals surface area contributed by atoms with Crippen molar-refractivity contribution in [3.05, 3.63) is 70.8 Å². The number of rotatable bonds is 17. The van der Waals surface area contributed by atoms with Crippen LogP contribution >= 0.6 is 0 Å². The van der Waals surface area contributed by atoms with Crippen molar-refractivity contribution >= 4 is 5.97 Å². The summed E-state index contributed by atoms with van der Waals surface area (Å²) in [6.45, 7) is 4.28. The summed E-state index contributed by atoms with van der Waals surface area (Å²) in [4.78, 5) is 10.3. The number of aromatic carboxylic acids is 1. The number of aliphatic hydroxyl groups excluding tert-OH is 2. The third-order valence-corrected chi connectivity index (χ3v) is 6.77. The lowest BCUT2D eigenvalue weighted by Gasteiger charge is -2.31. The van der Waals surface area contributed by atoms with Gasteiger partial charge in [-0.05, 0) is 55.9 Å². The summed E-state index contributed by atoms with van der Waals surface area (Å²) in [6, 6.07) is 15.0. The lowest BCUT2D eigenvalue weighted by molar-refractivity contribution is 0.0697. The highest BCUT2D eigenvalue weighted by molar-refractivity contribution is 5.87. The summed E-state index contributed by atoms with van der Waals surface area (Å²) >= 11 is 0. The fraction of sp³-hybridized carbons (Fsp3) is 0.581. The molecule has 0 aromatic heterocycles. The Morgan fingerprint density at radius 3 is 1.78 bits per heavy atom. The molecular weight excluding hydrogens is 450 g/mol. The van der Waals surface area contributed by atoms with Crippen LogP contribution in [0.15, 0.2) is 48.5 Å². The average molecular weight is 500 g/mol. The van der Waals surface area contributed by atoms with Gasteiger partial charge in [0.1, 0.15) is 0 Å². The molecule has 5 heteroatoms. The fourth-order valence-corrected chi connectivity index (χ4v) is 4.52. The normalized spacial score (nSPS) is 11.1. The first-order valence-electron chi connectivity index (χ1n) is 13.8. The van der Waals surface area contributed by atoms with E-state index in [0.29, 0.717) is 18.4 Å². The highest BCUT2D eigenvalue weighted by atomic mass is 16.4. The van der Waals surface area contributed by atoms with E-state index in [-0.39, 0.29) is 13.2 Å². The number of hydrogen-bond donors (Lipinski definition) is 4. The van der Waals surface area contributed by atoms with Crippen LogP contribution in [-0.4, -0.2) is 34.5 Å². The zero-order valence-corrected chi connectivity index (χ0v) is 22.6. The Bertz CT molecular complexity index is 829. The molecule has 0 heterocycles. The average Bonchev–Trinajstić information content (AvgIpc) is 2.86. The fourth-order valence-electron chi connectivity index (χ4n) is 4.52. The highest BCUT2D eigenvalue weighted by Crippen LogP contribution is 2.29. The third kappa shape index (κ3) is 12.7. The maximum atomic E-state index is 10.3. The van der Waals surface area contributed by atoms with E-state index < -0.39 is 11.5 Å². The van der Waals surface area contributed by atoms with Gasteiger partial charge in [0.25, 0.3) is 0 Å². The van der Waals surface area contributed by atoms with Crippen LogP contribution in [0.5, 0.6) is 0 Å². The lowest BCUT2D eigenvalue weighted by atomic mass is 9.81. The van der Waals surface area contributed by atoms with Crippen molar-refractivity contribution in [2.45, 2.75) is 103 Å². The van der Waals surface area contributed by atoms with E-state index in [9.17, 15) is 15.0 Å². The summed E-state index contributed by atoms with van der Waals surface area (Å²) in [5, 5.41) is 27.2. The highest BCUT2D eigenvalue weighted by Gasteiger charge is 2.28. The summed E-state index contributed by atoms with van der Waals surface area (Å²) in [5.41, 5.74) is 9.70. The van der Waals surface area contributed by atoms with E-state index in [2.05, 4.69) is 25.1 Å². The maximum absolute atomic E-state index is 10.3. The molecule has 2 aromatic rings. The van der Waals surface area contributed by atoms with Crippen molar-refractivity contribution in [1.82, 2.24) is 0 Å². The predicted molar refractivity (Wildman–Crippen MR) is 149 cm³/mol. The first-order chi connectivity index (χ1) is 17.4. The Kier molecular flexibility index (Phi) is 16.8. The van der Waals surface area contributed by atoms with Crippen molar-refractivity contribution < 1.29 is 20.1 Å². The Balaban J connectivity index is 0.000000537. The molecule has 0 bridgehead atoms. The van der Waals surface area contributed by atoms with Crippen LogP contribution < -0.4 is 5.73 Å². The van der Waals surface area contributed by atoms with Crippen LogP contribution in [0.25, 0.3) is 0 Å². The molecule has 0 fully saturated rings. The summed E-state index contributed by atoms with van der Waals surface area (Å²) in [5.74, 6) is -0.875. The zero-order valence-electron chi connectivity index (χ0n) is 22.6. The minimum absolute atomic E-state index is 0.0447. The molecule has 0 atom stereocenters. The quantitative estimate of drug-likeness (QED) is 0.180. The van der Waals surface area contributed by atoms with Gasteiger partial charge in [-0.3, -0.25) is 0 Å². The van der Waals surface area contributed by atoms with Crippen LogP contribution in [0.1, 0.15) is 111 Å². The number of nitrogens with two attached hydrogens (primary N) is 1. The van der Waals surface area contributed by atoms with E-state index >= 15 is 0 Å². The number of carbonyl (C=O) groups is 1. The third-order valence-electron chi connectivity index (χ3n) is 6.77. The molecule has 2 rings (SSSR count). The molecule has 5 N–H and O–H groups in total. The second-order valence-electron chi connectivity index (χ2n) is 9.86. The Morgan fingerprint density at radius 1 is 0.778 bits per heavy atom. The van der Waals surface area contributed by atoms with Gasteiger partial charge in [0.15, 0.2) is 0 Å². The Morgan fingerprint density at radius 2 is 1.28 bits per heavy atom. The number of carboxylic acids is 1. The Hall–Kier alpha value is -2.21. The van der Waals surface area contributed by atoms with Crippen molar-refractivity contribution in [2.75, 3.05) is 13.2 Å². The molecule has 0 aliphatic carbocycles. The molecule has 2 aromatic carbocycles. The van der Waals surface area contributed by atoms with Gasteiger partial charge in [-0.2, -0.15) is 0 Å². The molecular formula is C31H49NO4. The molecule has 0 radical (unpaired) electrons. The monoisotopic (exact) mass is 499 g/mol. The van der Waals surface area contributed by atoms with Crippen molar-refractivity contribution in [2.24, 2.45) is 5.73 Å². The van der Waals surface area contributed by atoms with Crippen LogP contribution in [0.4, 0.5) is 0 Å². The van der Waals surface area contributed by atoms with Crippen molar-refractivity contribution in [3.8, 4) is 0 Å². The molecule has 0 spiro atoms. The molecule has 0 amide bonds.